The van der Waals surface area contributed by atoms with Crippen LogP contribution in [0.1, 0.15) is 21.7 Å². The Bertz CT molecular complexity index is 468. The average molecular weight is 197 g/mol. The maximum atomic E-state index is 10.4. The van der Waals surface area contributed by atoms with E-state index in [0.29, 0.717) is 5.69 Å². The summed E-state index contributed by atoms with van der Waals surface area (Å²) in [6.45, 7) is 0. The van der Waals surface area contributed by atoms with Crippen LogP contribution >= 0.6 is 0 Å². The van der Waals surface area contributed by atoms with Crippen molar-refractivity contribution in [3.05, 3.63) is 59.4 Å². The zero-order valence-corrected chi connectivity index (χ0v) is 8.18. The number of carbonyl (C=O) groups excluding carboxylic acids is 1. The Labute approximate surface area is 88.3 Å². The minimum Gasteiger partial charge on any atom is -0.353 e. The predicted molar refractivity (Wildman–Crippen MR) is 61.6 cm³/mol. The summed E-state index contributed by atoms with van der Waals surface area (Å²) in [4.78, 5) is 13.4. The van der Waals surface area contributed by atoms with E-state index in [1.54, 1.807) is 6.07 Å². The largest absolute Gasteiger partial charge is 0.353 e. The summed E-state index contributed by atoms with van der Waals surface area (Å²) < 4.78 is 0. The molecule has 0 unspecified atom stereocenters. The summed E-state index contributed by atoms with van der Waals surface area (Å²) >= 11 is 0. The van der Waals surface area contributed by atoms with Crippen molar-refractivity contribution in [1.82, 2.24) is 4.98 Å². The number of carbonyl (C=O) groups is 1. The highest BCUT2D eigenvalue weighted by Crippen LogP contribution is 2.07. The van der Waals surface area contributed by atoms with Crippen LogP contribution in [-0.4, -0.2) is 11.3 Å². The molecule has 1 aromatic carbocycles. The van der Waals surface area contributed by atoms with E-state index in [9.17, 15) is 4.79 Å². The monoisotopic (exact) mass is 197 g/mol. The lowest BCUT2D eigenvalue weighted by Crippen LogP contribution is -1.77. The fourth-order valence-electron chi connectivity index (χ4n) is 1.35. The van der Waals surface area contributed by atoms with Crippen LogP contribution < -0.4 is 0 Å². The fraction of sp³-hybridized carbons (Fsp3) is 0. The molecule has 0 aliphatic rings. The Morgan fingerprint density at radius 1 is 0.867 bits per heavy atom. The van der Waals surface area contributed by atoms with Crippen LogP contribution in [-0.2, 0) is 0 Å². The van der Waals surface area contributed by atoms with Crippen molar-refractivity contribution in [3.8, 4) is 0 Å². The first-order valence-electron chi connectivity index (χ1n) is 4.76. The number of H-pyrrole nitrogens is 1. The van der Waals surface area contributed by atoms with Gasteiger partial charge in [0, 0.05) is 5.69 Å². The third-order valence-electron chi connectivity index (χ3n) is 2.11. The molecule has 74 valence electrons. The highest BCUT2D eigenvalue weighted by atomic mass is 16.1. The average Bonchev–Trinajstić information content (AvgIpc) is 2.76. The predicted octanol–water partition coefficient (Wildman–Crippen LogP) is 3.00. The summed E-state index contributed by atoms with van der Waals surface area (Å²) in [5.41, 5.74) is 2.67. The van der Waals surface area contributed by atoms with Crippen molar-refractivity contribution in [1.29, 1.82) is 0 Å². The Kier molecular flexibility index (Phi) is 2.79. The minimum atomic E-state index is 0.600. The molecular formula is C13H11NO. The number of nitrogens with one attached hydrogen (secondary N) is 1. The number of aromatic amines is 1. The number of hydrogen-bond donors (Lipinski definition) is 1. The van der Waals surface area contributed by atoms with Crippen LogP contribution in [0, 0.1) is 0 Å². The summed E-state index contributed by atoms with van der Waals surface area (Å²) in [7, 11) is 0. The molecule has 0 saturated heterocycles. The zero-order chi connectivity index (χ0) is 10.5. The highest BCUT2D eigenvalue weighted by Gasteiger charge is 1.92. The normalized spacial score (nSPS) is 10.7. The zero-order valence-electron chi connectivity index (χ0n) is 8.18. The molecule has 1 aromatic heterocycles. The van der Waals surface area contributed by atoms with Crippen LogP contribution in [0.2, 0.25) is 0 Å². The molecule has 2 aromatic rings. The molecule has 1 N–H and O–H groups in total. The lowest BCUT2D eigenvalue weighted by atomic mass is 10.2. The van der Waals surface area contributed by atoms with Crippen molar-refractivity contribution in [3.63, 3.8) is 0 Å². The first-order valence-corrected chi connectivity index (χ1v) is 4.76. The third kappa shape index (κ3) is 2.44. The maximum Gasteiger partial charge on any atom is 0.166 e. The van der Waals surface area contributed by atoms with Crippen LogP contribution in [0.3, 0.4) is 0 Å². The number of aldehydes is 1. The van der Waals surface area contributed by atoms with E-state index in [1.165, 1.54) is 0 Å². The van der Waals surface area contributed by atoms with Crippen molar-refractivity contribution < 1.29 is 4.79 Å². The highest BCUT2D eigenvalue weighted by molar-refractivity contribution is 5.75. The molecule has 2 heteroatoms. The topological polar surface area (TPSA) is 32.9 Å². The SMILES string of the molecule is O=Cc1ccc(C=Cc2ccccc2)[nH]1. The van der Waals surface area contributed by atoms with Gasteiger partial charge in [0.25, 0.3) is 0 Å². The van der Waals surface area contributed by atoms with E-state index in [1.807, 2.05) is 48.6 Å². The van der Waals surface area contributed by atoms with E-state index < -0.39 is 0 Å². The Hall–Kier alpha value is -2.09. The van der Waals surface area contributed by atoms with Crippen molar-refractivity contribution in [2.45, 2.75) is 0 Å². The van der Waals surface area contributed by atoms with Crippen molar-refractivity contribution >= 4 is 18.4 Å². The molecule has 0 aliphatic carbocycles. The molecule has 0 radical (unpaired) electrons. The van der Waals surface area contributed by atoms with Gasteiger partial charge in [0.05, 0.1) is 5.69 Å². The standard InChI is InChI=1S/C13H11NO/c15-10-13-9-8-12(14-13)7-6-11-4-2-1-3-5-11/h1-10,14H. The molecule has 0 aliphatic heterocycles. The lowest BCUT2D eigenvalue weighted by molar-refractivity contribution is 0.111. The molecule has 0 amide bonds. The summed E-state index contributed by atoms with van der Waals surface area (Å²) in [5, 5.41) is 0. The third-order valence-corrected chi connectivity index (χ3v) is 2.11. The van der Waals surface area contributed by atoms with E-state index >= 15 is 0 Å². The first-order chi connectivity index (χ1) is 7.38. The van der Waals surface area contributed by atoms with Gasteiger partial charge in [-0.3, -0.25) is 4.79 Å². The molecule has 0 saturated carbocycles. The van der Waals surface area contributed by atoms with E-state index in [4.69, 9.17) is 0 Å². The second-order valence-electron chi connectivity index (χ2n) is 3.23. The van der Waals surface area contributed by atoms with Gasteiger partial charge >= 0.3 is 0 Å². The maximum absolute atomic E-state index is 10.4. The van der Waals surface area contributed by atoms with Crippen LogP contribution in [0.4, 0.5) is 0 Å². The molecule has 0 atom stereocenters. The van der Waals surface area contributed by atoms with Gasteiger partial charge in [-0.2, -0.15) is 0 Å². The second kappa shape index (κ2) is 4.42. The minimum absolute atomic E-state index is 0.600. The molecule has 1 heterocycles. The molecule has 2 rings (SSSR count). The van der Waals surface area contributed by atoms with Gasteiger partial charge in [-0.05, 0) is 23.8 Å². The lowest BCUT2D eigenvalue weighted by Gasteiger charge is -1.90. The number of rotatable bonds is 3. The number of benzene rings is 1. The second-order valence-corrected chi connectivity index (χ2v) is 3.23. The van der Waals surface area contributed by atoms with E-state index in [0.717, 1.165) is 17.5 Å². The van der Waals surface area contributed by atoms with Gasteiger partial charge in [-0.15, -0.1) is 0 Å². The Morgan fingerprint density at radius 2 is 1.60 bits per heavy atom. The van der Waals surface area contributed by atoms with Gasteiger partial charge < -0.3 is 4.98 Å². The van der Waals surface area contributed by atoms with Gasteiger partial charge in [0.1, 0.15) is 0 Å². The number of hydrogen-bond acceptors (Lipinski definition) is 1. The van der Waals surface area contributed by atoms with Crippen LogP contribution in [0.15, 0.2) is 42.5 Å². The Balaban J connectivity index is 2.15. The van der Waals surface area contributed by atoms with Gasteiger partial charge in [0.15, 0.2) is 6.29 Å². The van der Waals surface area contributed by atoms with Gasteiger partial charge in [-0.25, -0.2) is 0 Å². The van der Waals surface area contributed by atoms with Crippen LogP contribution in [0.25, 0.3) is 12.2 Å². The van der Waals surface area contributed by atoms with Gasteiger partial charge in [-0.1, -0.05) is 36.4 Å². The Morgan fingerprint density at radius 3 is 2.27 bits per heavy atom. The van der Waals surface area contributed by atoms with E-state index in [-0.39, 0.29) is 0 Å². The summed E-state index contributed by atoms with van der Waals surface area (Å²) in [5.74, 6) is 0. The molecule has 2 nitrogen and oxygen atoms in total. The molecule has 0 fully saturated rings. The molecular weight excluding hydrogens is 186 g/mol. The fourth-order valence-corrected chi connectivity index (χ4v) is 1.35. The first kappa shape index (κ1) is 9.46. The number of aromatic nitrogens is 1. The van der Waals surface area contributed by atoms with Crippen molar-refractivity contribution in [2.24, 2.45) is 0 Å². The quantitative estimate of drug-likeness (QED) is 0.754. The molecule has 0 spiro atoms. The van der Waals surface area contributed by atoms with E-state index in [2.05, 4.69) is 4.98 Å². The summed E-state index contributed by atoms with van der Waals surface area (Å²) in [6.07, 6.45) is 4.75. The van der Waals surface area contributed by atoms with Gasteiger partial charge in [0.2, 0.25) is 0 Å². The summed E-state index contributed by atoms with van der Waals surface area (Å²) in [6, 6.07) is 13.7. The van der Waals surface area contributed by atoms with Crippen molar-refractivity contribution in [2.75, 3.05) is 0 Å². The molecule has 15 heavy (non-hydrogen) atoms. The molecule has 0 bridgehead atoms. The van der Waals surface area contributed by atoms with Crippen LogP contribution in [0.5, 0.6) is 0 Å². The smallest absolute Gasteiger partial charge is 0.166 e.